The Hall–Kier alpha value is -1.46. The molecule has 0 bridgehead atoms. The third-order valence-corrected chi connectivity index (χ3v) is 3.52. The van der Waals surface area contributed by atoms with Crippen LogP contribution >= 0.6 is 22.9 Å². The number of hydrogen-bond donors (Lipinski definition) is 0. The maximum atomic E-state index is 13.5. The van der Waals surface area contributed by atoms with Crippen molar-refractivity contribution in [3.05, 3.63) is 40.1 Å². The van der Waals surface area contributed by atoms with Crippen molar-refractivity contribution in [2.75, 3.05) is 7.11 Å². The van der Waals surface area contributed by atoms with Gasteiger partial charge in [-0.05, 0) is 12.1 Å². The molecule has 3 nitrogen and oxygen atoms in total. The highest BCUT2D eigenvalue weighted by molar-refractivity contribution is 7.17. The van der Waals surface area contributed by atoms with Crippen LogP contribution in [-0.4, -0.2) is 18.1 Å². The van der Waals surface area contributed by atoms with Gasteiger partial charge in [0, 0.05) is 5.56 Å². The Morgan fingerprint density at radius 2 is 2.18 bits per heavy atom. The third-order valence-electron chi connectivity index (χ3n) is 2.06. The van der Waals surface area contributed by atoms with E-state index in [1.54, 1.807) is 18.2 Å². The second kappa shape index (κ2) is 4.81. The van der Waals surface area contributed by atoms with Gasteiger partial charge in [0.05, 0.1) is 7.11 Å². The van der Waals surface area contributed by atoms with Crippen LogP contribution < -0.4 is 0 Å². The molecule has 0 aliphatic heterocycles. The van der Waals surface area contributed by atoms with Gasteiger partial charge in [-0.2, -0.15) is 0 Å². The summed E-state index contributed by atoms with van der Waals surface area (Å²) in [7, 11) is 1.25. The highest BCUT2D eigenvalue weighted by Crippen LogP contribution is 2.32. The predicted molar refractivity (Wildman–Crippen MR) is 63.9 cm³/mol. The van der Waals surface area contributed by atoms with Crippen LogP contribution in [0.25, 0.3) is 10.6 Å². The van der Waals surface area contributed by atoms with Gasteiger partial charge >= 0.3 is 5.97 Å². The molecule has 0 amide bonds. The summed E-state index contributed by atoms with van der Waals surface area (Å²) >= 11 is 6.80. The number of nitrogens with zero attached hydrogens (tertiary/aromatic N) is 1. The van der Waals surface area contributed by atoms with Crippen molar-refractivity contribution in [1.29, 1.82) is 0 Å². The van der Waals surface area contributed by atoms with Crippen LogP contribution in [0.4, 0.5) is 4.39 Å². The number of halogens is 2. The van der Waals surface area contributed by atoms with E-state index in [0.717, 1.165) is 11.3 Å². The van der Waals surface area contributed by atoms with Crippen molar-refractivity contribution >= 4 is 28.9 Å². The number of methoxy groups -OCH3 is 1. The molecule has 0 fully saturated rings. The van der Waals surface area contributed by atoms with E-state index in [1.165, 1.54) is 13.2 Å². The topological polar surface area (TPSA) is 39.2 Å². The molecule has 1 aromatic carbocycles. The number of ether oxygens (including phenoxy) is 1. The third kappa shape index (κ3) is 2.30. The first-order chi connectivity index (χ1) is 8.13. The Balaban J connectivity index is 2.49. The van der Waals surface area contributed by atoms with Crippen molar-refractivity contribution in [1.82, 2.24) is 4.98 Å². The summed E-state index contributed by atoms with van der Waals surface area (Å²) in [6.45, 7) is 0. The van der Waals surface area contributed by atoms with Gasteiger partial charge in [-0.3, -0.25) is 0 Å². The zero-order valence-corrected chi connectivity index (χ0v) is 10.3. The fourth-order valence-corrected chi connectivity index (χ4v) is 2.50. The number of thiazole rings is 1. The number of carbonyl (C=O) groups excluding carboxylic acids is 1. The van der Waals surface area contributed by atoms with Crippen LogP contribution in [0.1, 0.15) is 9.67 Å². The van der Waals surface area contributed by atoms with Crippen molar-refractivity contribution in [2.24, 2.45) is 0 Å². The SMILES string of the molecule is COC(=O)c1sc(-c2ccccc2F)nc1Cl. The lowest BCUT2D eigenvalue weighted by Gasteiger charge is -1.96. The maximum Gasteiger partial charge on any atom is 0.351 e. The Morgan fingerprint density at radius 1 is 1.47 bits per heavy atom. The van der Waals surface area contributed by atoms with Crippen LogP contribution in [0.15, 0.2) is 24.3 Å². The monoisotopic (exact) mass is 271 g/mol. The quantitative estimate of drug-likeness (QED) is 0.786. The first-order valence-electron chi connectivity index (χ1n) is 4.63. The molecule has 1 heterocycles. The van der Waals surface area contributed by atoms with Gasteiger partial charge in [0.25, 0.3) is 0 Å². The fourth-order valence-electron chi connectivity index (χ4n) is 1.27. The lowest BCUT2D eigenvalue weighted by molar-refractivity contribution is 0.0606. The van der Waals surface area contributed by atoms with Crippen molar-refractivity contribution in [3.8, 4) is 10.6 Å². The lowest BCUT2D eigenvalue weighted by atomic mass is 10.2. The number of hydrogen-bond acceptors (Lipinski definition) is 4. The molecule has 0 saturated heterocycles. The molecule has 0 N–H and O–H groups in total. The zero-order chi connectivity index (χ0) is 12.4. The molecule has 17 heavy (non-hydrogen) atoms. The minimum atomic E-state index is -0.574. The van der Waals surface area contributed by atoms with Gasteiger partial charge in [-0.25, -0.2) is 14.2 Å². The van der Waals surface area contributed by atoms with Crippen molar-refractivity contribution in [3.63, 3.8) is 0 Å². The zero-order valence-electron chi connectivity index (χ0n) is 8.74. The van der Waals surface area contributed by atoms with Crippen LogP contribution in [0, 0.1) is 5.82 Å². The van der Waals surface area contributed by atoms with E-state index in [4.69, 9.17) is 11.6 Å². The van der Waals surface area contributed by atoms with Crippen molar-refractivity contribution < 1.29 is 13.9 Å². The average molecular weight is 272 g/mol. The summed E-state index contributed by atoms with van der Waals surface area (Å²) in [5, 5.41) is 0.383. The number of aromatic nitrogens is 1. The largest absolute Gasteiger partial charge is 0.465 e. The number of benzene rings is 1. The Morgan fingerprint density at radius 3 is 2.82 bits per heavy atom. The second-order valence-corrected chi connectivity index (χ2v) is 4.47. The summed E-state index contributed by atoms with van der Waals surface area (Å²) in [5.74, 6) is -0.982. The minimum Gasteiger partial charge on any atom is -0.465 e. The summed E-state index contributed by atoms with van der Waals surface area (Å²) in [4.78, 5) is 15.5. The molecule has 0 saturated carbocycles. The smallest absolute Gasteiger partial charge is 0.351 e. The summed E-state index contributed by atoms with van der Waals surface area (Å²) in [6.07, 6.45) is 0. The highest BCUT2D eigenvalue weighted by Gasteiger charge is 2.19. The van der Waals surface area contributed by atoms with E-state index < -0.39 is 11.8 Å². The first kappa shape index (κ1) is 12.0. The molecule has 88 valence electrons. The van der Waals surface area contributed by atoms with Crippen LogP contribution in [0.3, 0.4) is 0 Å². The van der Waals surface area contributed by atoms with Crippen LogP contribution in [0.5, 0.6) is 0 Å². The van der Waals surface area contributed by atoms with Gasteiger partial charge in [0.15, 0.2) is 10.0 Å². The van der Waals surface area contributed by atoms with E-state index in [2.05, 4.69) is 9.72 Å². The highest BCUT2D eigenvalue weighted by atomic mass is 35.5. The molecule has 0 unspecified atom stereocenters. The second-order valence-electron chi connectivity index (χ2n) is 3.11. The Kier molecular flexibility index (Phi) is 3.40. The van der Waals surface area contributed by atoms with Crippen molar-refractivity contribution in [2.45, 2.75) is 0 Å². The average Bonchev–Trinajstić information content (AvgIpc) is 2.71. The summed E-state index contributed by atoms with van der Waals surface area (Å²) < 4.78 is 18.1. The summed E-state index contributed by atoms with van der Waals surface area (Å²) in [6, 6.07) is 6.16. The van der Waals surface area contributed by atoms with Crippen LogP contribution in [0.2, 0.25) is 5.15 Å². The van der Waals surface area contributed by atoms with E-state index in [9.17, 15) is 9.18 Å². The van der Waals surface area contributed by atoms with Gasteiger partial charge in [-0.1, -0.05) is 23.7 Å². The molecule has 2 aromatic rings. The molecule has 6 heteroatoms. The molecule has 0 aliphatic rings. The number of esters is 1. The number of rotatable bonds is 2. The van der Waals surface area contributed by atoms with Gasteiger partial charge in [0.2, 0.25) is 0 Å². The molecular weight excluding hydrogens is 265 g/mol. The first-order valence-corrected chi connectivity index (χ1v) is 5.82. The molecule has 0 atom stereocenters. The number of carbonyl (C=O) groups is 1. The van der Waals surface area contributed by atoms with E-state index in [1.807, 2.05) is 0 Å². The molecule has 2 rings (SSSR count). The Labute approximate surface area is 106 Å². The lowest BCUT2D eigenvalue weighted by Crippen LogP contribution is -1.98. The van der Waals surface area contributed by atoms with E-state index in [-0.39, 0.29) is 10.0 Å². The molecule has 0 radical (unpaired) electrons. The van der Waals surface area contributed by atoms with E-state index >= 15 is 0 Å². The van der Waals surface area contributed by atoms with Gasteiger partial charge < -0.3 is 4.74 Å². The Bertz CT molecular complexity index is 570. The van der Waals surface area contributed by atoms with Gasteiger partial charge in [-0.15, -0.1) is 11.3 Å². The summed E-state index contributed by atoms with van der Waals surface area (Å²) in [5.41, 5.74) is 0.314. The minimum absolute atomic E-state index is 0.0279. The molecular formula is C11H7ClFNO2S. The maximum absolute atomic E-state index is 13.5. The van der Waals surface area contributed by atoms with E-state index in [0.29, 0.717) is 10.6 Å². The predicted octanol–water partition coefficient (Wildman–Crippen LogP) is 3.39. The van der Waals surface area contributed by atoms with Crippen LogP contribution in [-0.2, 0) is 4.74 Å². The molecule has 1 aromatic heterocycles. The standard InChI is InChI=1S/C11H7ClFNO2S/c1-16-11(15)8-9(12)14-10(17-8)6-4-2-3-5-7(6)13/h2-5H,1H3. The van der Waals surface area contributed by atoms with Gasteiger partial charge in [0.1, 0.15) is 10.8 Å². The normalized spacial score (nSPS) is 10.3. The fraction of sp³-hybridized carbons (Fsp3) is 0.0909. The molecule has 0 aliphatic carbocycles. The molecule has 0 spiro atoms.